The maximum absolute atomic E-state index is 9.02. The summed E-state index contributed by atoms with van der Waals surface area (Å²) < 4.78 is 0. The lowest BCUT2D eigenvalue weighted by Crippen LogP contribution is -2.28. The Kier molecular flexibility index (Phi) is 2.23. The van der Waals surface area contributed by atoms with E-state index in [1.54, 1.807) is 0 Å². The van der Waals surface area contributed by atoms with Gasteiger partial charge < -0.3 is 10.4 Å². The summed E-state index contributed by atoms with van der Waals surface area (Å²) in [4.78, 5) is 0. The lowest BCUT2D eigenvalue weighted by molar-refractivity contribution is 0.267. The maximum atomic E-state index is 9.02. The van der Waals surface area contributed by atoms with Crippen molar-refractivity contribution in [2.24, 2.45) is 0 Å². The van der Waals surface area contributed by atoms with Crippen LogP contribution in [0.5, 0.6) is 0 Å². The molecule has 2 heteroatoms. The molecular formula is C11H15NO. The van der Waals surface area contributed by atoms with Crippen LogP contribution < -0.4 is 5.32 Å². The zero-order chi connectivity index (χ0) is 9.26. The van der Waals surface area contributed by atoms with Gasteiger partial charge in [-0.1, -0.05) is 12.1 Å². The standard InChI is InChI=1S/C11H15NO/c1-8-3-2-4-11-10(8)6-5-9(7-13)12-11/h2-4,9,12-13H,5-7H2,1H3/t9-/m0/s1. The van der Waals surface area contributed by atoms with Crippen LogP contribution in [-0.4, -0.2) is 17.8 Å². The summed E-state index contributed by atoms with van der Waals surface area (Å²) in [6, 6.07) is 6.53. The predicted molar refractivity (Wildman–Crippen MR) is 54.0 cm³/mol. The van der Waals surface area contributed by atoms with Crippen LogP contribution in [0.2, 0.25) is 0 Å². The molecule has 1 atom stereocenters. The van der Waals surface area contributed by atoms with Crippen LogP contribution >= 0.6 is 0 Å². The summed E-state index contributed by atoms with van der Waals surface area (Å²) >= 11 is 0. The zero-order valence-electron chi connectivity index (χ0n) is 7.88. The first-order valence-corrected chi connectivity index (χ1v) is 4.77. The number of benzene rings is 1. The number of aryl methyl sites for hydroxylation is 1. The third-order valence-corrected chi connectivity index (χ3v) is 2.73. The number of hydrogen-bond donors (Lipinski definition) is 2. The van der Waals surface area contributed by atoms with Crippen molar-refractivity contribution in [2.75, 3.05) is 11.9 Å². The Bertz CT molecular complexity index is 309. The van der Waals surface area contributed by atoms with Crippen molar-refractivity contribution in [3.63, 3.8) is 0 Å². The highest BCUT2D eigenvalue weighted by molar-refractivity contribution is 5.56. The van der Waals surface area contributed by atoms with E-state index >= 15 is 0 Å². The fourth-order valence-corrected chi connectivity index (χ4v) is 1.92. The van der Waals surface area contributed by atoms with Gasteiger partial charge in [0.1, 0.15) is 0 Å². The Labute approximate surface area is 78.6 Å². The molecule has 0 radical (unpaired) electrons. The molecule has 2 nitrogen and oxygen atoms in total. The molecule has 1 heterocycles. The lowest BCUT2D eigenvalue weighted by Gasteiger charge is -2.26. The maximum Gasteiger partial charge on any atom is 0.0632 e. The quantitative estimate of drug-likeness (QED) is 0.684. The smallest absolute Gasteiger partial charge is 0.0632 e. The summed E-state index contributed by atoms with van der Waals surface area (Å²) in [5.41, 5.74) is 3.96. The van der Waals surface area contributed by atoms with E-state index in [9.17, 15) is 0 Å². The van der Waals surface area contributed by atoms with Crippen molar-refractivity contribution >= 4 is 5.69 Å². The largest absolute Gasteiger partial charge is 0.394 e. The molecule has 2 rings (SSSR count). The molecule has 1 aliphatic rings. The SMILES string of the molecule is Cc1cccc2c1CC[C@@H](CO)N2. The second kappa shape index (κ2) is 3.38. The van der Waals surface area contributed by atoms with Crippen LogP contribution in [0.1, 0.15) is 17.5 Å². The normalized spacial score (nSPS) is 20.6. The molecule has 0 fully saturated rings. The van der Waals surface area contributed by atoms with E-state index in [0.717, 1.165) is 12.8 Å². The van der Waals surface area contributed by atoms with Crippen LogP contribution in [0, 0.1) is 6.92 Å². The number of rotatable bonds is 1. The number of aliphatic hydroxyl groups is 1. The number of aliphatic hydroxyl groups excluding tert-OH is 1. The van der Waals surface area contributed by atoms with Crippen LogP contribution in [0.3, 0.4) is 0 Å². The minimum absolute atomic E-state index is 0.230. The van der Waals surface area contributed by atoms with Gasteiger partial charge in [0.15, 0.2) is 0 Å². The summed E-state index contributed by atoms with van der Waals surface area (Å²) in [6.45, 7) is 2.37. The van der Waals surface area contributed by atoms with Crippen molar-refractivity contribution in [1.82, 2.24) is 0 Å². The van der Waals surface area contributed by atoms with E-state index in [1.165, 1.54) is 16.8 Å². The molecule has 1 aliphatic heterocycles. The van der Waals surface area contributed by atoms with E-state index < -0.39 is 0 Å². The molecule has 1 aromatic carbocycles. The van der Waals surface area contributed by atoms with Crippen molar-refractivity contribution in [2.45, 2.75) is 25.8 Å². The second-order valence-electron chi connectivity index (χ2n) is 3.66. The van der Waals surface area contributed by atoms with E-state index in [0.29, 0.717) is 0 Å². The third-order valence-electron chi connectivity index (χ3n) is 2.73. The summed E-state index contributed by atoms with van der Waals surface area (Å²) in [5, 5.41) is 12.4. The van der Waals surface area contributed by atoms with Gasteiger partial charge in [-0.15, -0.1) is 0 Å². The highest BCUT2D eigenvalue weighted by Crippen LogP contribution is 2.26. The van der Waals surface area contributed by atoms with Crippen LogP contribution in [0.25, 0.3) is 0 Å². The molecule has 2 N–H and O–H groups in total. The number of nitrogens with one attached hydrogen (secondary N) is 1. The molecule has 1 aromatic rings. The molecule has 70 valence electrons. The fraction of sp³-hybridized carbons (Fsp3) is 0.455. The second-order valence-corrected chi connectivity index (χ2v) is 3.66. The highest BCUT2D eigenvalue weighted by atomic mass is 16.3. The Morgan fingerprint density at radius 3 is 3.15 bits per heavy atom. The first-order chi connectivity index (χ1) is 6.31. The Morgan fingerprint density at radius 2 is 2.38 bits per heavy atom. The number of anilines is 1. The van der Waals surface area contributed by atoms with Gasteiger partial charge in [0.05, 0.1) is 6.61 Å². The molecule has 13 heavy (non-hydrogen) atoms. The minimum Gasteiger partial charge on any atom is -0.394 e. The number of fused-ring (bicyclic) bond motifs is 1. The lowest BCUT2D eigenvalue weighted by atomic mass is 9.95. The van der Waals surface area contributed by atoms with Crippen LogP contribution in [0.15, 0.2) is 18.2 Å². The molecule has 0 spiro atoms. The molecule has 0 amide bonds. The third kappa shape index (κ3) is 1.54. The van der Waals surface area contributed by atoms with Gasteiger partial charge in [-0.25, -0.2) is 0 Å². The molecule has 0 saturated carbocycles. The summed E-state index contributed by atoms with van der Waals surface area (Å²) in [7, 11) is 0. The average Bonchev–Trinajstić information content (AvgIpc) is 2.18. The van der Waals surface area contributed by atoms with E-state index in [1.807, 2.05) is 0 Å². The Morgan fingerprint density at radius 1 is 1.54 bits per heavy atom. The van der Waals surface area contributed by atoms with Gasteiger partial charge >= 0.3 is 0 Å². The Balaban J connectivity index is 2.31. The van der Waals surface area contributed by atoms with E-state index in [4.69, 9.17) is 5.11 Å². The van der Waals surface area contributed by atoms with E-state index in [2.05, 4.69) is 30.4 Å². The van der Waals surface area contributed by atoms with Gasteiger partial charge in [-0.3, -0.25) is 0 Å². The molecule has 0 aliphatic carbocycles. The van der Waals surface area contributed by atoms with E-state index in [-0.39, 0.29) is 12.6 Å². The van der Waals surface area contributed by atoms with Crippen LogP contribution in [0.4, 0.5) is 5.69 Å². The van der Waals surface area contributed by atoms with Crippen LogP contribution in [-0.2, 0) is 6.42 Å². The van der Waals surface area contributed by atoms with Gasteiger partial charge in [-0.2, -0.15) is 0 Å². The Hall–Kier alpha value is -1.02. The van der Waals surface area contributed by atoms with Crippen molar-refractivity contribution in [1.29, 1.82) is 0 Å². The zero-order valence-corrected chi connectivity index (χ0v) is 7.88. The monoisotopic (exact) mass is 177 g/mol. The first-order valence-electron chi connectivity index (χ1n) is 4.77. The van der Waals surface area contributed by atoms with Gasteiger partial charge in [0.25, 0.3) is 0 Å². The molecule has 0 aromatic heterocycles. The van der Waals surface area contributed by atoms with Crippen molar-refractivity contribution in [3.8, 4) is 0 Å². The predicted octanol–water partition coefficient (Wildman–Crippen LogP) is 1.71. The van der Waals surface area contributed by atoms with Gasteiger partial charge in [-0.05, 0) is 37.0 Å². The molecular weight excluding hydrogens is 162 g/mol. The van der Waals surface area contributed by atoms with Crippen molar-refractivity contribution < 1.29 is 5.11 Å². The van der Waals surface area contributed by atoms with Gasteiger partial charge in [0, 0.05) is 11.7 Å². The highest BCUT2D eigenvalue weighted by Gasteiger charge is 2.17. The first kappa shape index (κ1) is 8.57. The molecule has 0 unspecified atom stereocenters. The van der Waals surface area contributed by atoms with Gasteiger partial charge in [0.2, 0.25) is 0 Å². The number of hydrogen-bond acceptors (Lipinski definition) is 2. The van der Waals surface area contributed by atoms with Crippen molar-refractivity contribution in [3.05, 3.63) is 29.3 Å². The topological polar surface area (TPSA) is 32.3 Å². The molecule has 0 saturated heterocycles. The summed E-state index contributed by atoms with van der Waals surface area (Å²) in [6.07, 6.45) is 2.12. The fourth-order valence-electron chi connectivity index (χ4n) is 1.92. The average molecular weight is 177 g/mol. The molecule has 0 bridgehead atoms. The minimum atomic E-state index is 0.230. The summed E-state index contributed by atoms with van der Waals surface area (Å²) in [5.74, 6) is 0.